The van der Waals surface area contributed by atoms with Crippen molar-refractivity contribution in [2.75, 3.05) is 37.0 Å². The number of rotatable bonds is 3. The fourth-order valence-electron chi connectivity index (χ4n) is 3.36. The van der Waals surface area contributed by atoms with Gasteiger partial charge in [-0.15, -0.1) is 0 Å². The van der Waals surface area contributed by atoms with Crippen LogP contribution in [0.25, 0.3) is 0 Å². The third-order valence-corrected chi connectivity index (χ3v) is 4.84. The Morgan fingerprint density at radius 3 is 3.00 bits per heavy atom. The average molecular weight is 367 g/mol. The first-order valence-electron chi connectivity index (χ1n) is 8.89. The van der Waals surface area contributed by atoms with Crippen LogP contribution in [-0.4, -0.2) is 38.7 Å². The number of carbonyl (C=O) groups is 2. The van der Waals surface area contributed by atoms with E-state index in [1.165, 1.54) is 5.56 Å². The first-order valence-corrected chi connectivity index (χ1v) is 8.89. The van der Waals surface area contributed by atoms with Gasteiger partial charge in [0.25, 0.3) is 5.91 Å². The number of amides is 3. The quantitative estimate of drug-likeness (QED) is 0.873. The van der Waals surface area contributed by atoms with Crippen molar-refractivity contribution in [2.24, 2.45) is 0 Å². The van der Waals surface area contributed by atoms with Crippen LogP contribution in [0.2, 0.25) is 0 Å². The third kappa shape index (κ3) is 3.59. The minimum absolute atomic E-state index is 0.00240. The van der Waals surface area contributed by atoms with E-state index in [9.17, 15) is 9.59 Å². The van der Waals surface area contributed by atoms with Crippen molar-refractivity contribution < 1.29 is 19.1 Å². The zero-order chi connectivity index (χ0) is 18.8. The summed E-state index contributed by atoms with van der Waals surface area (Å²) < 4.78 is 11.2. The van der Waals surface area contributed by atoms with E-state index in [-0.39, 0.29) is 24.6 Å². The minimum atomic E-state index is -0.318. The van der Waals surface area contributed by atoms with Crippen LogP contribution in [0.1, 0.15) is 17.2 Å². The lowest BCUT2D eigenvalue weighted by Crippen LogP contribution is -2.36. The van der Waals surface area contributed by atoms with Crippen molar-refractivity contribution in [3.8, 4) is 5.75 Å². The molecule has 0 aliphatic carbocycles. The molecule has 2 aromatic rings. The third-order valence-electron chi connectivity index (χ3n) is 4.84. The van der Waals surface area contributed by atoms with Crippen LogP contribution in [0.4, 0.5) is 16.2 Å². The molecule has 0 unspecified atom stereocenters. The standard InChI is InChI=1S/C20H21N3O4/c1-23-16-7-6-14(10-17(16)27-12-19(23)24)22-20(25)21-11-18-15-5-3-2-4-13(15)8-9-26-18/h2-7,10,18H,8-9,11-12H2,1H3,(H2,21,22,25)/t18-/m0/s1. The van der Waals surface area contributed by atoms with Crippen LogP contribution in [0.5, 0.6) is 5.75 Å². The lowest BCUT2D eigenvalue weighted by atomic mass is 9.98. The Morgan fingerprint density at radius 1 is 1.26 bits per heavy atom. The minimum Gasteiger partial charge on any atom is -0.481 e. The Balaban J connectivity index is 1.37. The Bertz CT molecular complexity index is 883. The molecule has 2 N–H and O–H groups in total. The molecule has 4 rings (SSSR count). The fraction of sp³-hybridized carbons (Fsp3) is 0.300. The topological polar surface area (TPSA) is 79.9 Å². The fourth-order valence-corrected chi connectivity index (χ4v) is 3.36. The summed E-state index contributed by atoms with van der Waals surface area (Å²) in [5.74, 6) is 0.466. The smallest absolute Gasteiger partial charge is 0.319 e. The summed E-state index contributed by atoms with van der Waals surface area (Å²) in [7, 11) is 1.70. The predicted molar refractivity (Wildman–Crippen MR) is 101 cm³/mol. The lowest BCUT2D eigenvalue weighted by molar-refractivity contribution is -0.120. The second-order valence-electron chi connectivity index (χ2n) is 6.57. The highest BCUT2D eigenvalue weighted by Gasteiger charge is 2.23. The molecule has 7 nitrogen and oxygen atoms in total. The second kappa shape index (κ2) is 7.28. The molecule has 27 heavy (non-hydrogen) atoms. The van der Waals surface area contributed by atoms with Gasteiger partial charge in [-0.2, -0.15) is 0 Å². The van der Waals surface area contributed by atoms with Crippen molar-refractivity contribution in [3.63, 3.8) is 0 Å². The molecule has 0 aromatic heterocycles. The molecular formula is C20H21N3O4. The lowest BCUT2D eigenvalue weighted by Gasteiger charge is -2.27. The molecule has 0 radical (unpaired) electrons. The van der Waals surface area contributed by atoms with E-state index in [0.29, 0.717) is 30.3 Å². The van der Waals surface area contributed by atoms with Gasteiger partial charge in [-0.25, -0.2) is 4.79 Å². The highest BCUT2D eigenvalue weighted by molar-refractivity contribution is 5.98. The van der Waals surface area contributed by atoms with Gasteiger partial charge in [-0.05, 0) is 29.7 Å². The van der Waals surface area contributed by atoms with Crippen molar-refractivity contribution >= 4 is 23.3 Å². The number of benzene rings is 2. The zero-order valence-corrected chi connectivity index (χ0v) is 15.0. The van der Waals surface area contributed by atoms with Crippen LogP contribution in [0.3, 0.4) is 0 Å². The molecular weight excluding hydrogens is 346 g/mol. The van der Waals surface area contributed by atoms with E-state index < -0.39 is 0 Å². The zero-order valence-electron chi connectivity index (χ0n) is 15.0. The number of nitrogens with zero attached hydrogens (tertiary/aromatic N) is 1. The molecule has 2 aliphatic rings. The van der Waals surface area contributed by atoms with Crippen molar-refractivity contribution in [1.82, 2.24) is 5.32 Å². The normalized spacial score (nSPS) is 18.2. The SMILES string of the molecule is CN1C(=O)COc2cc(NC(=O)NC[C@@H]3OCCc4ccccc43)ccc21. The largest absolute Gasteiger partial charge is 0.481 e. The number of ether oxygens (including phenoxy) is 2. The first kappa shape index (κ1) is 17.4. The summed E-state index contributed by atoms with van der Waals surface area (Å²) in [5.41, 5.74) is 3.67. The molecule has 0 saturated heterocycles. The number of hydrogen-bond acceptors (Lipinski definition) is 4. The number of nitrogens with one attached hydrogen (secondary N) is 2. The van der Waals surface area contributed by atoms with Crippen LogP contribution in [-0.2, 0) is 16.0 Å². The monoisotopic (exact) mass is 367 g/mol. The molecule has 140 valence electrons. The summed E-state index contributed by atoms with van der Waals surface area (Å²) >= 11 is 0. The first-order chi connectivity index (χ1) is 13.1. The summed E-state index contributed by atoms with van der Waals surface area (Å²) in [4.78, 5) is 25.5. The van der Waals surface area contributed by atoms with Gasteiger partial charge in [0, 0.05) is 25.3 Å². The Hall–Kier alpha value is -3.06. The number of likely N-dealkylation sites (N-methyl/N-ethyl adjacent to an activating group) is 1. The van der Waals surface area contributed by atoms with Gasteiger partial charge in [-0.1, -0.05) is 24.3 Å². The number of urea groups is 1. The van der Waals surface area contributed by atoms with Gasteiger partial charge in [0.1, 0.15) is 11.9 Å². The molecule has 0 spiro atoms. The van der Waals surface area contributed by atoms with Gasteiger partial charge >= 0.3 is 6.03 Å². The van der Waals surface area contributed by atoms with Crippen LogP contribution in [0.15, 0.2) is 42.5 Å². The Labute approximate surface area is 157 Å². The highest BCUT2D eigenvalue weighted by atomic mass is 16.5. The van der Waals surface area contributed by atoms with Crippen LogP contribution >= 0.6 is 0 Å². The number of anilines is 2. The Kier molecular flexibility index (Phi) is 4.68. The molecule has 0 saturated carbocycles. The molecule has 2 aliphatic heterocycles. The van der Waals surface area contributed by atoms with Crippen molar-refractivity contribution in [2.45, 2.75) is 12.5 Å². The van der Waals surface area contributed by atoms with E-state index in [1.54, 1.807) is 30.1 Å². The summed E-state index contributed by atoms with van der Waals surface area (Å²) in [6.07, 6.45) is 0.748. The number of hydrogen-bond donors (Lipinski definition) is 2. The van der Waals surface area contributed by atoms with Gasteiger partial charge in [-0.3, -0.25) is 4.79 Å². The second-order valence-corrected chi connectivity index (χ2v) is 6.57. The van der Waals surface area contributed by atoms with Crippen molar-refractivity contribution in [1.29, 1.82) is 0 Å². The number of carbonyl (C=O) groups excluding carboxylic acids is 2. The van der Waals surface area contributed by atoms with Crippen LogP contribution in [0, 0.1) is 0 Å². The summed E-state index contributed by atoms with van der Waals surface area (Å²) in [5, 5.41) is 5.65. The molecule has 0 fully saturated rings. The van der Waals surface area contributed by atoms with E-state index in [0.717, 1.165) is 12.0 Å². The van der Waals surface area contributed by atoms with Gasteiger partial charge in [0.15, 0.2) is 6.61 Å². The van der Waals surface area contributed by atoms with E-state index in [2.05, 4.69) is 16.7 Å². The summed E-state index contributed by atoms with van der Waals surface area (Å²) in [6.45, 7) is 1.04. The van der Waals surface area contributed by atoms with Gasteiger partial charge < -0.3 is 25.0 Å². The van der Waals surface area contributed by atoms with E-state index >= 15 is 0 Å². The maximum Gasteiger partial charge on any atom is 0.319 e. The average Bonchev–Trinajstić information content (AvgIpc) is 2.69. The van der Waals surface area contributed by atoms with Gasteiger partial charge in [0.2, 0.25) is 0 Å². The Morgan fingerprint density at radius 2 is 2.11 bits per heavy atom. The maximum absolute atomic E-state index is 12.3. The molecule has 7 heteroatoms. The highest BCUT2D eigenvalue weighted by Crippen LogP contribution is 2.33. The van der Waals surface area contributed by atoms with Gasteiger partial charge in [0.05, 0.1) is 12.3 Å². The molecule has 1 atom stereocenters. The number of fused-ring (bicyclic) bond motifs is 2. The van der Waals surface area contributed by atoms with Crippen LogP contribution < -0.4 is 20.3 Å². The van der Waals surface area contributed by atoms with Crippen molar-refractivity contribution in [3.05, 3.63) is 53.6 Å². The maximum atomic E-state index is 12.3. The molecule has 2 heterocycles. The molecule has 0 bridgehead atoms. The van der Waals surface area contributed by atoms with E-state index in [1.807, 2.05) is 18.2 Å². The molecule has 3 amide bonds. The summed E-state index contributed by atoms with van der Waals surface area (Å²) in [6, 6.07) is 13.0. The molecule has 2 aromatic carbocycles. The predicted octanol–water partition coefficient (Wildman–Crippen LogP) is 2.48. The van der Waals surface area contributed by atoms with E-state index in [4.69, 9.17) is 9.47 Å².